The SMILES string of the molecule is CCCOC(=O)c1cc(NC(=O)CN2C(=O)S/C(=C\c3cc([N+](=O)[O-])c(Cl)cc3Cl)C2=O)ccc1Cl. The Morgan fingerprint density at radius 1 is 1.14 bits per heavy atom. The van der Waals surface area contributed by atoms with Gasteiger partial charge in [-0.2, -0.15) is 0 Å². The van der Waals surface area contributed by atoms with Gasteiger partial charge in [0.2, 0.25) is 5.91 Å². The fourth-order valence-corrected chi connectivity index (χ4v) is 4.49. The molecule has 3 rings (SSSR count). The summed E-state index contributed by atoms with van der Waals surface area (Å²) in [6.07, 6.45) is 1.83. The lowest BCUT2D eigenvalue weighted by Gasteiger charge is -2.13. The van der Waals surface area contributed by atoms with E-state index in [0.29, 0.717) is 23.1 Å². The van der Waals surface area contributed by atoms with Gasteiger partial charge in [0, 0.05) is 22.3 Å². The van der Waals surface area contributed by atoms with E-state index in [9.17, 15) is 29.3 Å². The quantitative estimate of drug-likeness (QED) is 0.181. The number of nitrogens with zero attached hydrogens (tertiary/aromatic N) is 2. The third-order valence-corrected chi connectivity index (χ3v) is 6.50. The first-order chi connectivity index (χ1) is 17.0. The van der Waals surface area contributed by atoms with Crippen LogP contribution in [0.15, 0.2) is 35.2 Å². The Balaban J connectivity index is 1.74. The van der Waals surface area contributed by atoms with Gasteiger partial charge in [-0.25, -0.2) is 4.79 Å². The van der Waals surface area contributed by atoms with E-state index < -0.39 is 40.2 Å². The maximum atomic E-state index is 12.7. The van der Waals surface area contributed by atoms with Gasteiger partial charge in [-0.1, -0.05) is 41.7 Å². The van der Waals surface area contributed by atoms with Crippen LogP contribution in [-0.4, -0.2) is 46.0 Å². The molecular formula is C22H16Cl3N3O7S. The maximum absolute atomic E-state index is 12.7. The van der Waals surface area contributed by atoms with Crippen LogP contribution in [0.25, 0.3) is 6.08 Å². The molecule has 1 aliphatic rings. The molecule has 1 N–H and O–H groups in total. The summed E-state index contributed by atoms with van der Waals surface area (Å²) in [7, 11) is 0. The summed E-state index contributed by atoms with van der Waals surface area (Å²) in [5.41, 5.74) is -0.0697. The monoisotopic (exact) mass is 571 g/mol. The molecule has 0 aliphatic carbocycles. The van der Waals surface area contributed by atoms with Crippen LogP contribution in [-0.2, 0) is 14.3 Å². The van der Waals surface area contributed by atoms with E-state index in [1.807, 2.05) is 6.92 Å². The number of benzene rings is 2. The van der Waals surface area contributed by atoms with Crippen molar-refractivity contribution in [2.75, 3.05) is 18.5 Å². The minimum absolute atomic E-state index is 0.0335. The smallest absolute Gasteiger partial charge is 0.339 e. The van der Waals surface area contributed by atoms with E-state index >= 15 is 0 Å². The molecule has 14 heteroatoms. The molecule has 0 saturated carbocycles. The van der Waals surface area contributed by atoms with Crippen molar-refractivity contribution in [2.45, 2.75) is 13.3 Å². The van der Waals surface area contributed by atoms with Crippen LogP contribution in [0.3, 0.4) is 0 Å². The van der Waals surface area contributed by atoms with Gasteiger partial charge in [0.15, 0.2) is 0 Å². The second kappa shape index (κ2) is 11.7. The summed E-state index contributed by atoms with van der Waals surface area (Å²) in [6.45, 7) is 1.42. The molecule has 10 nitrogen and oxygen atoms in total. The molecule has 3 amide bonds. The Morgan fingerprint density at radius 2 is 1.86 bits per heavy atom. The lowest BCUT2D eigenvalue weighted by molar-refractivity contribution is -0.384. The molecule has 0 bridgehead atoms. The van der Waals surface area contributed by atoms with Gasteiger partial charge in [-0.3, -0.25) is 29.4 Å². The zero-order valence-electron chi connectivity index (χ0n) is 18.4. The number of anilines is 1. The number of nitro benzene ring substituents is 1. The van der Waals surface area contributed by atoms with Crippen LogP contribution in [0.4, 0.5) is 16.2 Å². The fourth-order valence-electron chi connectivity index (χ4n) is 2.96. The summed E-state index contributed by atoms with van der Waals surface area (Å²) in [5, 5.41) is 12.9. The predicted molar refractivity (Wildman–Crippen MR) is 136 cm³/mol. The molecule has 1 aliphatic heterocycles. The Kier molecular flexibility index (Phi) is 8.96. The number of imide groups is 1. The van der Waals surface area contributed by atoms with Crippen LogP contribution in [0.5, 0.6) is 0 Å². The number of rotatable bonds is 8. The highest BCUT2D eigenvalue weighted by Gasteiger charge is 2.36. The van der Waals surface area contributed by atoms with Crippen LogP contribution < -0.4 is 5.32 Å². The van der Waals surface area contributed by atoms with Gasteiger partial charge >= 0.3 is 5.97 Å². The molecule has 1 heterocycles. The van der Waals surface area contributed by atoms with Crippen LogP contribution in [0, 0.1) is 10.1 Å². The van der Waals surface area contributed by atoms with Crippen LogP contribution in [0.1, 0.15) is 29.3 Å². The Hall–Kier alpha value is -3.12. The summed E-state index contributed by atoms with van der Waals surface area (Å²) in [6, 6.07) is 6.40. The summed E-state index contributed by atoms with van der Waals surface area (Å²) >= 11 is 18.5. The number of carbonyl (C=O) groups excluding carboxylic acids is 4. The van der Waals surface area contributed by atoms with E-state index in [1.54, 1.807) is 0 Å². The molecule has 2 aromatic carbocycles. The van der Waals surface area contributed by atoms with E-state index in [0.717, 1.165) is 12.1 Å². The van der Waals surface area contributed by atoms with Crippen molar-refractivity contribution in [3.05, 3.63) is 71.5 Å². The molecule has 0 aromatic heterocycles. The number of ether oxygens (including phenoxy) is 1. The number of halogens is 3. The first-order valence-corrected chi connectivity index (χ1v) is 12.1. The molecule has 188 valence electrons. The zero-order valence-corrected chi connectivity index (χ0v) is 21.5. The highest BCUT2D eigenvalue weighted by atomic mass is 35.5. The Labute approximate surface area is 223 Å². The average Bonchev–Trinajstić information content (AvgIpc) is 3.07. The first kappa shape index (κ1) is 27.5. The zero-order chi connectivity index (χ0) is 26.6. The minimum atomic E-state index is -0.784. The van der Waals surface area contributed by atoms with Gasteiger partial charge < -0.3 is 10.1 Å². The molecule has 36 heavy (non-hydrogen) atoms. The summed E-state index contributed by atoms with van der Waals surface area (Å²) < 4.78 is 5.05. The van der Waals surface area contributed by atoms with Crippen molar-refractivity contribution in [2.24, 2.45) is 0 Å². The number of carbonyl (C=O) groups is 4. The van der Waals surface area contributed by atoms with Crippen molar-refractivity contribution >= 4 is 87.0 Å². The molecule has 0 unspecified atom stereocenters. The van der Waals surface area contributed by atoms with E-state index in [1.165, 1.54) is 24.3 Å². The number of thioether (sulfide) groups is 1. The third kappa shape index (κ3) is 6.35. The first-order valence-electron chi connectivity index (χ1n) is 10.2. The lowest BCUT2D eigenvalue weighted by atomic mass is 10.2. The summed E-state index contributed by atoms with van der Waals surface area (Å²) in [5.74, 6) is -2.15. The van der Waals surface area contributed by atoms with Gasteiger partial charge in [0.05, 0.1) is 27.0 Å². The number of hydrogen-bond acceptors (Lipinski definition) is 8. The maximum Gasteiger partial charge on any atom is 0.339 e. The van der Waals surface area contributed by atoms with Gasteiger partial charge in [-0.05, 0) is 48.5 Å². The number of amides is 3. The number of nitro groups is 1. The molecule has 2 aromatic rings. The van der Waals surface area contributed by atoms with Crippen molar-refractivity contribution in [3.8, 4) is 0 Å². The number of nitrogens with one attached hydrogen (secondary N) is 1. The molecule has 1 fully saturated rings. The standard InChI is InChI=1S/C22H16Cl3N3O7S/c1-2-5-35-21(31)13-8-12(3-4-14(13)23)26-19(29)10-27-20(30)18(36-22(27)32)7-11-6-17(28(33)34)16(25)9-15(11)24/h3-4,6-9H,2,5,10H2,1H3,(H,26,29)/b18-7-. The summed E-state index contributed by atoms with van der Waals surface area (Å²) in [4.78, 5) is 60.8. The largest absolute Gasteiger partial charge is 0.462 e. The average molecular weight is 573 g/mol. The molecule has 0 spiro atoms. The van der Waals surface area contributed by atoms with Crippen molar-refractivity contribution in [3.63, 3.8) is 0 Å². The van der Waals surface area contributed by atoms with Crippen molar-refractivity contribution in [1.29, 1.82) is 0 Å². The number of esters is 1. The van der Waals surface area contributed by atoms with Gasteiger partial charge in [-0.15, -0.1) is 0 Å². The minimum Gasteiger partial charge on any atom is -0.462 e. The molecular weight excluding hydrogens is 557 g/mol. The van der Waals surface area contributed by atoms with Crippen molar-refractivity contribution < 1.29 is 28.8 Å². The highest BCUT2D eigenvalue weighted by Crippen LogP contribution is 2.36. The second-order valence-electron chi connectivity index (χ2n) is 7.23. The highest BCUT2D eigenvalue weighted by molar-refractivity contribution is 8.18. The number of hydrogen-bond donors (Lipinski definition) is 1. The fraction of sp³-hybridized carbons (Fsp3) is 0.182. The van der Waals surface area contributed by atoms with Gasteiger partial charge in [0.1, 0.15) is 11.6 Å². The normalized spacial score (nSPS) is 14.3. The third-order valence-electron chi connectivity index (χ3n) is 4.63. The van der Waals surface area contributed by atoms with E-state index in [2.05, 4.69) is 5.32 Å². The Morgan fingerprint density at radius 3 is 2.53 bits per heavy atom. The second-order valence-corrected chi connectivity index (χ2v) is 9.44. The van der Waals surface area contributed by atoms with Gasteiger partial charge in [0.25, 0.3) is 16.8 Å². The van der Waals surface area contributed by atoms with Crippen molar-refractivity contribution in [1.82, 2.24) is 4.90 Å². The van der Waals surface area contributed by atoms with Crippen LogP contribution >= 0.6 is 46.6 Å². The predicted octanol–water partition coefficient (Wildman–Crippen LogP) is 5.80. The topological polar surface area (TPSA) is 136 Å². The van der Waals surface area contributed by atoms with E-state index in [-0.39, 0.29) is 43.4 Å². The Bertz CT molecular complexity index is 1320. The lowest BCUT2D eigenvalue weighted by Crippen LogP contribution is -2.36. The molecule has 0 radical (unpaired) electrons. The van der Waals surface area contributed by atoms with Crippen LogP contribution in [0.2, 0.25) is 15.1 Å². The van der Waals surface area contributed by atoms with E-state index in [4.69, 9.17) is 39.5 Å². The molecule has 1 saturated heterocycles. The molecule has 0 atom stereocenters.